The minimum atomic E-state index is -4.13. The first kappa shape index (κ1) is 13.7. The zero-order chi connectivity index (χ0) is 12.2. The monoisotopic (exact) mass is 240 g/mol. The van der Waals surface area contributed by atoms with Crippen LogP contribution < -0.4 is 5.73 Å². The van der Waals surface area contributed by atoms with Gasteiger partial charge in [0.2, 0.25) is 0 Å². The highest BCUT2D eigenvalue weighted by Gasteiger charge is 2.49. The SMILES string of the molecule is CCOCC1CN(CCN)CC1C(F)(F)F. The first-order valence-corrected chi connectivity index (χ1v) is 5.56. The van der Waals surface area contributed by atoms with Gasteiger partial charge in [0.05, 0.1) is 12.5 Å². The second-order valence-corrected chi connectivity index (χ2v) is 4.12. The Labute approximate surface area is 93.7 Å². The van der Waals surface area contributed by atoms with Gasteiger partial charge in [0.15, 0.2) is 0 Å². The van der Waals surface area contributed by atoms with Crippen LogP contribution in [0.4, 0.5) is 13.2 Å². The van der Waals surface area contributed by atoms with Crippen LogP contribution in [-0.2, 0) is 4.74 Å². The van der Waals surface area contributed by atoms with Crippen molar-refractivity contribution >= 4 is 0 Å². The Bertz CT molecular complexity index is 211. The fourth-order valence-corrected chi connectivity index (χ4v) is 2.13. The van der Waals surface area contributed by atoms with Gasteiger partial charge in [-0.3, -0.25) is 0 Å². The van der Waals surface area contributed by atoms with Crippen LogP contribution in [0.1, 0.15) is 6.92 Å². The maximum Gasteiger partial charge on any atom is 0.393 e. The molecule has 1 heterocycles. The van der Waals surface area contributed by atoms with Crippen LogP contribution >= 0.6 is 0 Å². The summed E-state index contributed by atoms with van der Waals surface area (Å²) in [6, 6.07) is 0. The molecule has 0 aromatic heterocycles. The normalized spacial score (nSPS) is 27.6. The third-order valence-corrected chi connectivity index (χ3v) is 2.92. The molecular formula is C10H19F3N2O. The van der Waals surface area contributed by atoms with Crippen molar-refractivity contribution in [2.45, 2.75) is 13.1 Å². The van der Waals surface area contributed by atoms with Crippen LogP contribution in [0.15, 0.2) is 0 Å². The van der Waals surface area contributed by atoms with Crippen molar-refractivity contribution in [3.05, 3.63) is 0 Å². The Morgan fingerprint density at radius 2 is 2.06 bits per heavy atom. The van der Waals surface area contributed by atoms with Gasteiger partial charge in [-0.2, -0.15) is 13.2 Å². The number of rotatable bonds is 5. The Kier molecular flexibility index (Phi) is 5.01. The molecule has 0 radical (unpaired) electrons. The molecule has 96 valence electrons. The zero-order valence-corrected chi connectivity index (χ0v) is 9.46. The molecule has 0 saturated carbocycles. The summed E-state index contributed by atoms with van der Waals surface area (Å²) in [7, 11) is 0. The van der Waals surface area contributed by atoms with Gasteiger partial charge in [0.25, 0.3) is 0 Å². The van der Waals surface area contributed by atoms with E-state index in [-0.39, 0.29) is 13.2 Å². The van der Waals surface area contributed by atoms with Crippen LogP contribution in [0.5, 0.6) is 0 Å². The zero-order valence-electron chi connectivity index (χ0n) is 9.46. The standard InChI is InChI=1S/C10H19F3N2O/c1-2-16-7-8-5-15(4-3-14)6-9(8)10(11,12)13/h8-9H,2-7,14H2,1H3. The molecule has 0 aromatic carbocycles. The van der Waals surface area contributed by atoms with Crippen molar-refractivity contribution in [3.63, 3.8) is 0 Å². The van der Waals surface area contributed by atoms with E-state index < -0.39 is 18.0 Å². The van der Waals surface area contributed by atoms with Crippen LogP contribution in [0.25, 0.3) is 0 Å². The van der Waals surface area contributed by atoms with Crippen molar-refractivity contribution in [2.24, 2.45) is 17.6 Å². The van der Waals surface area contributed by atoms with E-state index in [4.69, 9.17) is 10.5 Å². The molecule has 1 fully saturated rings. The van der Waals surface area contributed by atoms with Crippen LogP contribution in [0, 0.1) is 11.8 Å². The number of nitrogens with zero attached hydrogens (tertiary/aromatic N) is 1. The molecule has 1 aliphatic heterocycles. The van der Waals surface area contributed by atoms with E-state index in [0.717, 1.165) is 0 Å². The maximum atomic E-state index is 12.7. The van der Waals surface area contributed by atoms with E-state index >= 15 is 0 Å². The molecule has 1 aliphatic rings. The van der Waals surface area contributed by atoms with E-state index in [1.807, 2.05) is 0 Å². The fourth-order valence-electron chi connectivity index (χ4n) is 2.13. The van der Waals surface area contributed by atoms with Gasteiger partial charge in [0.1, 0.15) is 0 Å². The molecule has 6 heteroatoms. The van der Waals surface area contributed by atoms with E-state index in [1.165, 1.54) is 0 Å². The first-order valence-electron chi connectivity index (χ1n) is 5.56. The van der Waals surface area contributed by atoms with E-state index in [2.05, 4.69) is 0 Å². The second kappa shape index (κ2) is 5.84. The van der Waals surface area contributed by atoms with Gasteiger partial charge >= 0.3 is 6.18 Å². The summed E-state index contributed by atoms with van der Waals surface area (Å²) in [5.74, 6) is -1.72. The summed E-state index contributed by atoms with van der Waals surface area (Å²) < 4.78 is 43.3. The molecule has 2 atom stereocenters. The fraction of sp³-hybridized carbons (Fsp3) is 1.00. The third-order valence-electron chi connectivity index (χ3n) is 2.92. The smallest absolute Gasteiger partial charge is 0.381 e. The highest BCUT2D eigenvalue weighted by molar-refractivity contribution is 4.88. The molecule has 3 nitrogen and oxygen atoms in total. The largest absolute Gasteiger partial charge is 0.393 e. The predicted octanol–water partition coefficient (Wildman–Crippen LogP) is 1.09. The minimum Gasteiger partial charge on any atom is -0.381 e. The summed E-state index contributed by atoms with van der Waals surface area (Å²) in [4.78, 5) is 1.77. The lowest BCUT2D eigenvalue weighted by Crippen LogP contribution is -2.32. The van der Waals surface area contributed by atoms with Crippen molar-refractivity contribution in [2.75, 3.05) is 39.4 Å². The molecule has 2 unspecified atom stereocenters. The second-order valence-electron chi connectivity index (χ2n) is 4.12. The molecular weight excluding hydrogens is 221 g/mol. The molecule has 0 aliphatic carbocycles. The molecule has 1 rings (SSSR count). The van der Waals surface area contributed by atoms with Gasteiger partial charge in [-0.1, -0.05) is 0 Å². The van der Waals surface area contributed by atoms with Crippen molar-refractivity contribution in [1.29, 1.82) is 0 Å². The summed E-state index contributed by atoms with van der Waals surface area (Å²) in [5.41, 5.74) is 5.35. The van der Waals surface area contributed by atoms with Gasteiger partial charge in [-0.25, -0.2) is 0 Å². The summed E-state index contributed by atoms with van der Waals surface area (Å²) in [5, 5.41) is 0. The summed E-state index contributed by atoms with van der Waals surface area (Å²) >= 11 is 0. The van der Waals surface area contributed by atoms with Gasteiger partial charge < -0.3 is 15.4 Å². The first-order chi connectivity index (χ1) is 7.49. The van der Waals surface area contributed by atoms with Crippen LogP contribution in [0.3, 0.4) is 0 Å². The average Bonchev–Trinajstić information content (AvgIpc) is 2.58. The Morgan fingerprint density at radius 1 is 1.38 bits per heavy atom. The van der Waals surface area contributed by atoms with Crippen molar-refractivity contribution in [1.82, 2.24) is 4.90 Å². The van der Waals surface area contributed by atoms with Crippen molar-refractivity contribution in [3.8, 4) is 0 Å². The number of nitrogens with two attached hydrogens (primary N) is 1. The van der Waals surface area contributed by atoms with Crippen LogP contribution in [-0.4, -0.2) is 50.5 Å². The maximum absolute atomic E-state index is 12.7. The van der Waals surface area contributed by atoms with E-state index in [1.54, 1.807) is 11.8 Å². The number of ether oxygens (including phenoxy) is 1. The molecule has 16 heavy (non-hydrogen) atoms. The summed E-state index contributed by atoms with van der Waals surface area (Å²) in [6.07, 6.45) is -4.13. The predicted molar refractivity (Wildman–Crippen MR) is 55.0 cm³/mol. The molecule has 0 spiro atoms. The lowest BCUT2D eigenvalue weighted by atomic mass is 9.96. The Hall–Kier alpha value is -0.330. The molecule has 0 amide bonds. The average molecular weight is 240 g/mol. The molecule has 0 aromatic rings. The Balaban J connectivity index is 2.56. The lowest BCUT2D eigenvalue weighted by molar-refractivity contribution is -0.184. The van der Waals surface area contributed by atoms with Gasteiger partial charge in [-0.05, 0) is 6.92 Å². The number of hydrogen-bond acceptors (Lipinski definition) is 3. The lowest BCUT2D eigenvalue weighted by Gasteiger charge is -2.20. The highest BCUT2D eigenvalue weighted by Crippen LogP contribution is 2.37. The topological polar surface area (TPSA) is 38.5 Å². The van der Waals surface area contributed by atoms with Crippen LogP contribution in [0.2, 0.25) is 0 Å². The molecule has 1 saturated heterocycles. The number of halogens is 3. The quantitative estimate of drug-likeness (QED) is 0.782. The number of hydrogen-bond donors (Lipinski definition) is 1. The van der Waals surface area contributed by atoms with E-state index in [9.17, 15) is 13.2 Å². The van der Waals surface area contributed by atoms with Gasteiger partial charge in [-0.15, -0.1) is 0 Å². The molecule has 0 bridgehead atoms. The minimum absolute atomic E-state index is 0.0540. The van der Waals surface area contributed by atoms with E-state index in [0.29, 0.717) is 26.2 Å². The van der Waals surface area contributed by atoms with Gasteiger partial charge in [0, 0.05) is 38.7 Å². The summed E-state index contributed by atoms with van der Waals surface area (Å²) in [6.45, 7) is 3.83. The number of alkyl halides is 3. The Morgan fingerprint density at radius 3 is 2.56 bits per heavy atom. The van der Waals surface area contributed by atoms with Crippen molar-refractivity contribution < 1.29 is 17.9 Å². The highest BCUT2D eigenvalue weighted by atomic mass is 19.4. The number of likely N-dealkylation sites (tertiary alicyclic amines) is 1. The molecule has 2 N–H and O–H groups in total. The third kappa shape index (κ3) is 3.61.